The minimum atomic E-state index is 0.182. The molecule has 93 valence electrons. The number of aromatic nitrogens is 2. The maximum atomic E-state index is 6.04. The van der Waals surface area contributed by atoms with Gasteiger partial charge in [0.25, 0.3) is 0 Å². The fraction of sp³-hybridized carbons (Fsp3) is 0.167. The smallest absolute Gasteiger partial charge is 0.199 e. The van der Waals surface area contributed by atoms with Gasteiger partial charge in [0.15, 0.2) is 17.2 Å². The number of methoxy groups -OCH3 is 1. The number of benzene rings is 1. The Bertz CT molecular complexity index is 556. The van der Waals surface area contributed by atoms with Gasteiger partial charge in [0.05, 0.1) is 17.8 Å². The summed E-state index contributed by atoms with van der Waals surface area (Å²) in [6.45, 7) is 1.74. The van der Waals surface area contributed by atoms with Gasteiger partial charge in [0, 0.05) is 6.07 Å². The first-order valence-electron chi connectivity index (χ1n) is 5.03. The summed E-state index contributed by atoms with van der Waals surface area (Å²) in [5.74, 6) is 1.41. The standard InChI is InChI=1S/C12H9Cl2N2O2/c1-7-11(12(14)16-6-15-7)18-10-5-8(17-2)3-4-9(10)13/h3-5H,1-2H3. The van der Waals surface area contributed by atoms with Crippen molar-refractivity contribution >= 4 is 23.2 Å². The zero-order chi connectivity index (χ0) is 13.1. The van der Waals surface area contributed by atoms with Crippen LogP contribution in [-0.2, 0) is 0 Å². The van der Waals surface area contributed by atoms with E-state index in [0.29, 0.717) is 28.0 Å². The van der Waals surface area contributed by atoms with Crippen LogP contribution < -0.4 is 9.47 Å². The van der Waals surface area contributed by atoms with Crippen molar-refractivity contribution in [1.29, 1.82) is 0 Å². The highest BCUT2D eigenvalue weighted by molar-refractivity contribution is 6.32. The molecule has 0 aliphatic heterocycles. The molecule has 0 saturated carbocycles. The van der Waals surface area contributed by atoms with Crippen molar-refractivity contribution in [1.82, 2.24) is 9.97 Å². The number of aryl methyl sites for hydroxylation is 1. The predicted octanol–water partition coefficient (Wildman–Crippen LogP) is 3.69. The lowest BCUT2D eigenvalue weighted by Gasteiger charge is -2.11. The summed E-state index contributed by atoms with van der Waals surface area (Å²) in [7, 11) is 1.56. The Labute approximate surface area is 114 Å². The molecule has 6 heteroatoms. The van der Waals surface area contributed by atoms with Gasteiger partial charge in [-0.2, -0.15) is 0 Å². The average molecular weight is 284 g/mol. The third-order valence-electron chi connectivity index (χ3n) is 2.23. The molecule has 2 aromatic rings. The van der Waals surface area contributed by atoms with Crippen LogP contribution in [0.25, 0.3) is 0 Å². The molecule has 1 aromatic carbocycles. The minimum absolute atomic E-state index is 0.182. The zero-order valence-electron chi connectivity index (χ0n) is 9.70. The zero-order valence-corrected chi connectivity index (χ0v) is 11.2. The van der Waals surface area contributed by atoms with Gasteiger partial charge in [-0.25, -0.2) is 9.97 Å². The topological polar surface area (TPSA) is 44.2 Å². The van der Waals surface area contributed by atoms with Crippen LogP contribution in [0.1, 0.15) is 5.69 Å². The SMILES string of the molecule is COc1ccc(Cl)c(Oc2c(C)n[c]nc2Cl)c1. The summed E-state index contributed by atoms with van der Waals surface area (Å²) >= 11 is 12.0. The molecule has 2 rings (SSSR count). The number of rotatable bonds is 3. The van der Waals surface area contributed by atoms with E-state index in [-0.39, 0.29) is 5.15 Å². The van der Waals surface area contributed by atoms with Crippen molar-refractivity contribution in [2.75, 3.05) is 7.11 Å². The van der Waals surface area contributed by atoms with Gasteiger partial charge in [0.2, 0.25) is 0 Å². The highest BCUT2D eigenvalue weighted by Gasteiger charge is 2.12. The lowest BCUT2D eigenvalue weighted by molar-refractivity contribution is 0.408. The van der Waals surface area contributed by atoms with E-state index in [1.54, 1.807) is 32.2 Å². The first kappa shape index (κ1) is 12.9. The molecule has 0 unspecified atom stereocenters. The second-order valence-electron chi connectivity index (χ2n) is 3.43. The van der Waals surface area contributed by atoms with E-state index in [2.05, 4.69) is 16.3 Å². The molecule has 0 fully saturated rings. The maximum absolute atomic E-state index is 6.04. The van der Waals surface area contributed by atoms with Crippen molar-refractivity contribution in [3.05, 3.63) is 40.4 Å². The number of nitrogens with zero attached hydrogens (tertiary/aromatic N) is 2. The van der Waals surface area contributed by atoms with Gasteiger partial charge < -0.3 is 9.47 Å². The van der Waals surface area contributed by atoms with E-state index in [9.17, 15) is 0 Å². The van der Waals surface area contributed by atoms with Gasteiger partial charge in [-0.05, 0) is 19.1 Å². The maximum Gasteiger partial charge on any atom is 0.199 e. The van der Waals surface area contributed by atoms with E-state index in [1.807, 2.05) is 0 Å². The molecule has 0 saturated heterocycles. The van der Waals surface area contributed by atoms with Gasteiger partial charge in [-0.15, -0.1) is 0 Å². The highest BCUT2D eigenvalue weighted by Crippen LogP contribution is 2.35. The van der Waals surface area contributed by atoms with Crippen LogP contribution in [0.15, 0.2) is 18.2 Å². The Hall–Kier alpha value is -1.52. The lowest BCUT2D eigenvalue weighted by atomic mass is 10.3. The normalized spacial score (nSPS) is 10.2. The van der Waals surface area contributed by atoms with Crippen LogP contribution in [-0.4, -0.2) is 17.1 Å². The van der Waals surface area contributed by atoms with Crippen LogP contribution in [0.3, 0.4) is 0 Å². The van der Waals surface area contributed by atoms with Crippen molar-refractivity contribution in [2.45, 2.75) is 6.92 Å². The Balaban J connectivity index is 2.39. The van der Waals surface area contributed by atoms with E-state index < -0.39 is 0 Å². The number of hydrogen-bond acceptors (Lipinski definition) is 4. The lowest BCUT2D eigenvalue weighted by Crippen LogP contribution is -1.95. The predicted molar refractivity (Wildman–Crippen MR) is 68.7 cm³/mol. The van der Waals surface area contributed by atoms with E-state index in [0.717, 1.165) is 0 Å². The van der Waals surface area contributed by atoms with Gasteiger partial charge in [0.1, 0.15) is 11.5 Å². The summed E-state index contributed by atoms with van der Waals surface area (Å²) in [6.07, 6.45) is 2.42. The van der Waals surface area contributed by atoms with E-state index in [4.69, 9.17) is 32.7 Å². The Morgan fingerprint density at radius 2 is 2.00 bits per heavy atom. The Morgan fingerprint density at radius 3 is 2.67 bits per heavy atom. The van der Waals surface area contributed by atoms with Crippen molar-refractivity contribution < 1.29 is 9.47 Å². The molecule has 0 aliphatic rings. The third kappa shape index (κ3) is 2.66. The average Bonchev–Trinajstić information content (AvgIpc) is 2.36. The fourth-order valence-electron chi connectivity index (χ4n) is 1.31. The minimum Gasteiger partial charge on any atom is -0.497 e. The van der Waals surface area contributed by atoms with Crippen molar-refractivity contribution in [2.24, 2.45) is 0 Å². The number of hydrogen-bond donors (Lipinski definition) is 0. The number of ether oxygens (including phenoxy) is 2. The molecule has 0 bridgehead atoms. The molecule has 4 nitrogen and oxygen atoms in total. The van der Waals surface area contributed by atoms with E-state index in [1.165, 1.54) is 0 Å². The summed E-state index contributed by atoms with van der Waals surface area (Å²) in [5, 5.41) is 0.625. The molecule has 18 heavy (non-hydrogen) atoms. The highest BCUT2D eigenvalue weighted by atomic mass is 35.5. The van der Waals surface area contributed by atoms with Crippen LogP contribution in [0.5, 0.6) is 17.2 Å². The second kappa shape index (κ2) is 5.42. The first-order chi connectivity index (χ1) is 8.61. The van der Waals surface area contributed by atoms with Crippen LogP contribution in [0.4, 0.5) is 0 Å². The molecule has 0 amide bonds. The third-order valence-corrected chi connectivity index (χ3v) is 2.80. The van der Waals surface area contributed by atoms with Gasteiger partial charge in [-0.1, -0.05) is 23.2 Å². The van der Waals surface area contributed by atoms with Crippen LogP contribution >= 0.6 is 23.2 Å². The molecule has 0 aliphatic carbocycles. The fourth-order valence-corrected chi connectivity index (χ4v) is 1.68. The van der Waals surface area contributed by atoms with Crippen LogP contribution in [0.2, 0.25) is 10.2 Å². The first-order valence-corrected chi connectivity index (χ1v) is 5.79. The molecule has 0 N–H and O–H groups in total. The van der Waals surface area contributed by atoms with Crippen molar-refractivity contribution in [3.63, 3.8) is 0 Å². The Kier molecular flexibility index (Phi) is 3.89. The summed E-state index contributed by atoms with van der Waals surface area (Å²) in [6, 6.07) is 5.07. The van der Waals surface area contributed by atoms with Crippen molar-refractivity contribution in [3.8, 4) is 17.2 Å². The quantitative estimate of drug-likeness (QED) is 0.806. The molecule has 0 spiro atoms. The Morgan fingerprint density at radius 1 is 1.22 bits per heavy atom. The monoisotopic (exact) mass is 283 g/mol. The summed E-state index contributed by atoms with van der Waals surface area (Å²) in [4.78, 5) is 7.63. The van der Waals surface area contributed by atoms with Gasteiger partial charge in [-0.3, -0.25) is 0 Å². The number of halogens is 2. The summed E-state index contributed by atoms with van der Waals surface area (Å²) < 4.78 is 10.7. The van der Waals surface area contributed by atoms with E-state index >= 15 is 0 Å². The molecular weight excluding hydrogens is 275 g/mol. The second-order valence-corrected chi connectivity index (χ2v) is 4.19. The summed E-state index contributed by atoms with van der Waals surface area (Å²) in [5.41, 5.74) is 0.578. The molecular formula is C12H9Cl2N2O2. The van der Waals surface area contributed by atoms with Gasteiger partial charge >= 0.3 is 0 Å². The molecule has 1 heterocycles. The largest absolute Gasteiger partial charge is 0.497 e. The molecule has 1 aromatic heterocycles. The molecule has 1 radical (unpaired) electrons. The molecule has 0 atom stereocenters. The van der Waals surface area contributed by atoms with Crippen LogP contribution in [0, 0.1) is 13.3 Å².